The maximum Gasteiger partial charge on any atom is 0.270 e. The van der Waals surface area contributed by atoms with Crippen molar-refractivity contribution in [2.75, 3.05) is 5.32 Å². The molecule has 1 heterocycles. The Morgan fingerprint density at radius 2 is 1.85 bits per heavy atom. The number of carbonyl (C=O) groups is 1. The van der Waals surface area contributed by atoms with Crippen LogP contribution in [0.25, 0.3) is 0 Å². The molecule has 0 aliphatic rings. The van der Waals surface area contributed by atoms with Crippen LogP contribution >= 0.6 is 0 Å². The molecule has 0 aliphatic heterocycles. The highest BCUT2D eigenvalue weighted by atomic mass is 19.1. The Morgan fingerprint density at radius 1 is 1.08 bits per heavy atom. The summed E-state index contributed by atoms with van der Waals surface area (Å²) in [4.78, 5) is 20.8. The molecule has 0 spiro atoms. The molecule has 0 aliphatic carbocycles. The van der Waals surface area contributed by atoms with Gasteiger partial charge in [0.25, 0.3) is 5.91 Å². The Kier molecular flexibility index (Phi) is 5.22. The van der Waals surface area contributed by atoms with Crippen LogP contribution in [0.5, 0.6) is 0 Å². The maximum atomic E-state index is 12.9. The first-order chi connectivity index (χ1) is 12.5. The highest BCUT2D eigenvalue weighted by Gasteiger charge is 2.09. The van der Waals surface area contributed by atoms with E-state index in [-0.39, 0.29) is 17.4 Å². The van der Waals surface area contributed by atoms with E-state index in [1.54, 1.807) is 18.2 Å². The van der Waals surface area contributed by atoms with Crippen LogP contribution in [0.15, 0.2) is 54.7 Å². The average Bonchev–Trinajstić information content (AvgIpc) is 2.64. The highest BCUT2D eigenvalue weighted by Crippen LogP contribution is 2.19. The molecule has 132 valence electrons. The molecule has 26 heavy (non-hydrogen) atoms. The van der Waals surface area contributed by atoms with Gasteiger partial charge in [-0.15, -0.1) is 0 Å². The van der Waals surface area contributed by atoms with E-state index in [2.05, 4.69) is 20.6 Å². The van der Waals surface area contributed by atoms with Gasteiger partial charge in [0.1, 0.15) is 11.5 Å². The summed E-state index contributed by atoms with van der Waals surface area (Å²) in [6, 6.07) is 13.6. The maximum absolute atomic E-state index is 12.9. The van der Waals surface area contributed by atoms with Crippen molar-refractivity contribution in [1.82, 2.24) is 15.3 Å². The molecule has 2 aromatic carbocycles. The summed E-state index contributed by atoms with van der Waals surface area (Å²) < 4.78 is 12.9. The molecule has 1 amide bonds. The molecule has 2 N–H and O–H groups in total. The topological polar surface area (TPSA) is 66.9 Å². The fourth-order valence-corrected chi connectivity index (χ4v) is 2.41. The van der Waals surface area contributed by atoms with Gasteiger partial charge in [-0.25, -0.2) is 14.4 Å². The van der Waals surface area contributed by atoms with E-state index in [9.17, 15) is 9.18 Å². The summed E-state index contributed by atoms with van der Waals surface area (Å²) in [5.74, 6) is -0.271. The fraction of sp³-hybridized carbons (Fsp3) is 0.150. The molecule has 1 aromatic heterocycles. The van der Waals surface area contributed by atoms with Crippen molar-refractivity contribution in [3.63, 3.8) is 0 Å². The van der Waals surface area contributed by atoms with Crippen molar-refractivity contribution in [1.29, 1.82) is 0 Å². The number of aromatic nitrogens is 2. The number of aryl methyl sites for hydroxylation is 2. The molecule has 3 aromatic rings. The number of halogens is 1. The van der Waals surface area contributed by atoms with Crippen LogP contribution in [0.2, 0.25) is 0 Å². The van der Waals surface area contributed by atoms with Gasteiger partial charge in [-0.05, 0) is 54.8 Å². The second-order valence-electron chi connectivity index (χ2n) is 6.02. The number of benzene rings is 2. The minimum atomic E-state index is -0.319. The number of nitrogens with one attached hydrogen (secondary N) is 2. The van der Waals surface area contributed by atoms with E-state index in [0.29, 0.717) is 12.5 Å². The van der Waals surface area contributed by atoms with Crippen LogP contribution in [0.3, 0.4) is 0 Å². The number of carbonyl (C=O) groups excluding carboxylic acids is 1. The van der Waals surface area contributed by atoms with Crippen molar-refractivity contribution in [3.8, 4) is 0 Å². The van der Waals surface area contributed by atoms with Gasteiger partial charge in [0, 0.05) is 18.4 Å². The molecule has 0 bridgehead atoms. The van der Waals surface area contributed by atoms with E-state index in [1.165, 1.54) is 18.3 Å². The number of nitrogens with zero attached hydrogens (tertiary/aromatic N) is 2. The largest absolute Gasteiger partial charge is 0.347 e. The summed E-state index contributed by atoms with van der Waals surface area (Å²) >= 11 is 0. The second-order valence-corrected chi connectivity index (χ2v) is 6.02. The standard InChI is InChI=1S/C20H19FN4O/c1-13-3-4-14(2)18(11-13)25-20-22-10-9-17(24-20)19(26)23-12-15-5-7-16(21)8-6-15/h3-11H,12H2,1-2H3,(H,23,26)(H,22,24,25). The molecule has 5 nitrogen and oxygen atoms in total. The van der Waals surface area contributed by atoms with Crippen LogP contribution in [-0.2, 0) is 6.54 Å². The number of amides is 1. The van der Waals surface area contributed by atoms with Gasteiger partial charge in [-0.2, -0.15) is 0 Å². The number of hydrogen-bond donors (Lipinski definition) is 2. The van der Waals surface area contributed by atoms with Gasteiger partial charge < -0.3 is 10.6 Å². The summed E-state index contributed by atoms with van der Waals surface area (Å²) in [5.41, 5.74) is 4.14. The van der Waals surface area contributed by atoms with E-state index in [4.69, 9.17) is 0 Å². The minimum absolute atomic E-state index is 0.259. The molecule has 0 saturated carbocycles. The molecule has 0 atom stereocenters. The van der Waals surface area contributed by atoms with Crippen molar-refractivity contribution in [2.45, 2.75) is 20.4 Å². The molecule has 0 unspecified atom stereocenters. The quantitative estimate of drug-likeness (QED) is 0.732. The smallest absolute Gasteiger partial charge is 0.270 e. The van der Waals surface area contributed by atoms with Crippen molar-refractivity contribution < 1.29 is 9.18 Å². The molecule has 0 fully saturated rings. The van der Waals surface area contributed by atoms with E-state index < -0.39 is 0 Å². The van der Waals surface area contributed by atoms with E-state index in [0.717, 1.165) is 22.4 Å². The van der Waals surface area contributed by atoms with Crippen molar-refractivity contribution in [2.24, 2.45) is 0 Å². The zero-order valence-electron chi connectivity index (χ0n) is 14.6. The lowest BCUT2D eigenvalue weighted by Crippen LogP contribution is -2.24. The summed E-state index contributed by atoms with van der Waals surface area (Å²) in [7, 11) is 0. The summed E-state index contributed by atoms with van der Waals surface area (Å²) in [6.45, 7) is 4.29. The van der Waals surface area contributed by atoms with Gasteiger partial charge in [0.05, 0.1) is 0 Å². The first kappa shape index (κ1) is 17.5. The third-order valence-corrected chi connectivity index (χ3v) is 3.89. The number of hydrogen-bond acceptors (Lipinski definition) is 4. The molecule has 0 saturated heterocycles. The molecular formula is C20H19FN4O. The van der Waals surface area contributed by atoms with Gasteiger partial charge in [0.15, 0.2) is 0 Å². The van der Waals surface area contributed by atoms with Gasteiger partial charge in [-0.1, -0.05) is 24.3 Å². The summed E-state index contributed by atoms with van der Waals surface area (Å²) in [6.07, 6.45) is 1.53. The van der Waals surface area contributed by atoms with Crippen LogP contribution in [-0.4, -0.2) is 15.9 Å². The van der Waals surface area contributed by atoms with Crippen LogP contribution in [0, 0.1) is 19.7 Å². The zero-order valence-corrected chi connectivity index (χ0v) is 14.6. The van der Waals surface area contributed by atoms with Crippen molar-refractivity contribution >= 4 is 17.5 Å². The predicted octanol–water partition coefficient (Wildman–Crippen LogP) is 3.91. The Balaban J connectivity index is 1.69. The lowest BCUT2D eigenvalue weighted by atomic mass is 10.1. The molecule has 6 heteroatoms. The Bertz CT molecular complexity index is 925. The van der Waals surface area contributed by atoms with Gasteiger partial charge >= 0.3 is 0 Å². The average molecular weight is 350 g/mol. The Hall–Kier alpha value is -3.28. The van der Waals surface area contributed by atoms with Gasteiger partial charge in [0.2, 0.25) is 5.95 Å². The first-order valence-corrected chi connectivity index (χ1v) is 8.21. The Labute approximate surface area is 151 Å². The fourth-order valence-electron chi connectivity index (χ4n) is 2.41. The SMILES string of the molecule is Cc1ccc(C)c(Nc2nccc(C(=O)NCc3ccc(F)cc3)n2)c1. The molecule has 3 rings (SSSR count). The second kappa shape index (κ2) is 7.74. The van der Waals surface area contributed by atoms with E-state index >= 15 is 0 Å². The van der Waals surface area contributed by atoms with E-state index in [1.807, 2.05) is 32.0 Å². The normalized spacial score (nSPS) is 10.4. The third-order valence-electron chi connectivity index (χ3n) is 3.89. The van der Waals surface area contributed by atoms with Gasteiger partial charge in [-0.3, -0.25) is 4.79 Å². The predicted molar refractivity (Wildman–Crippen MR) is 98.8 cm³/mol. The first-order valence-electron chi connectivity index (χ1n) is 8.21. The zero-order chi connectivity index (χ0) is 18.5. The van der Waals surface area contributed by atoms with Crippen molar-refractivity contribution in [3.05, 3.63) is 82.9 Å². The summed E-state index contributed by atoms with van der Waals surface area (Å²) in [5, 5.41) is 5.91. The number of anilines is 2. The van der Waals surface area contributed by atoms with Crippen LogP contribution in [0.1, 0.15) is 27.2 Å². The Morgan fingerprint density at radius 3 is 2.62 bits per heavy atom. The minimum Gasteiger partial charge on any atom is -0.347 e. The highest BCUT2D eigenvalue weighted by molar-refractivity contribution is 5.92. The molecule has 0 radical (unpaired) electrons. The van der Waals surface area contributed by atoms with Crippen LogP contribution < -0.4 is 10.6 Å². The third kappa shape index (κ3) is 4.42. The lowest BCUT2D eigenvalue weighted by Gasteiger charge is -2.10. The van der Waals surface area contributed by atoms with Crippen LogP contribution in [0.4, 0.5) is 16.0 Å². The lowest BCUT2D eigenvalue weighted by molar-refractivity contribution is 0.0946. The molecular weight excluding hydrogens is 331 g/mol. The number of rotatable bonds is 5. The monoisotopic (exact) mass is 350 g/mol.